The lowest BCUT2D eigenvalue weighted by atomic mass is 9.97. The van der Waals surface area contributed by atoms with Gasteiger partial charge in [-0.05, 0) is 13.3 Å². The van der Waals surface area contributed by atoms with Gasteiger partial charge in [0.15, 0.2) is 0 Å². The summed E-state index contributed by atoms with van der Waals surface area (Å²) in [6.45, 7) is 6.00. The minimum atomic E-state index is -0.712. The van der Waals surface area contributed by atoms with Crippen LogP contribution in [0.4, 0.5) is 0 Å². The zero-order valence-corrected chi connectivity index (χ0v) is 10.9. The Labute approximate surface area is 103 Å². The number of ether oxygens (including phenoxy) is 3. The maximum absolute atomic E-state index is 10.2. The Morgan fingerprint density at radius 3 is 2.88 bits per heavy atom. The largest absolute Gasteiger partial charge is 0.386 e. The highest BCUT2D eigenvalue weighted by Gasteiger charge is 2.38. The number of hydrogen-bond donors (Lipinski definition) is 2. The van der Waals surface area contributed by atoms with Crippen molar-refractivity contribution in [3.05, 3.63) is 0 Å². The van der Waals surface area contributed by atoms with Crippen LogP contribution in [0.2, 0.25) is 0 Å². The first-order valence-corrected chi connectivity index (χ1v) is 6.30. The number of hydrogen-bond acceptors (Lipinski definition) is 5. The molecule has 5 heteroatoms. The molecule has 2 atom stereocenters. The molecule has 1 rings (SSSR count). The van der Waals surface area contributed by atoms with Gasteiger partial charge in [0.1, 0.15) is 5.60 Å². The van der Waals surface area contributed by atoms with Crippen molar-refractivity contribution < 1.29 is 19.3 Å². The summed E-state index contributed by atoms with van der Waals surface area (Å²) in [7, 11) is 1.69. The van der Waals surface area contributed by atoms with Crippen molar-refractivity contribution in [3.8, 4) is 0 Å². The maximum Gasteiger partial charge on any atom is 0.105 e. The smallest absolute Gasteiger partial charge is 0.105 e. The van der Waals surface area contributed by atoms with Gasteiger partial charge in [-0.1, -0.05) is 0 Å². The predicted molar refractivity (Wildman–Crippen MR) is 65.2 cm³/mol. The van der Waals surface area contributed by atoms with Gasteiger partial charge in [-0.15, -0.1) is 0 Å². The van der Waals surface area contributed by atoms with E-state index < -0.39 is 5.60 Å². The van der Waals surface area contributed by atoms with Gasteiger partial charge in [-0.25, -0.2) is 0 Å². The summed E-state index contributed by atoms with van der Waals surface area (Å²) in [6, 6.07) is 0. The Bertz CT molecular complexity index is 203. The van der Waals surface area contributed by atoms with Gasteiger partial charge in [-0.2, -0.15) is 0 Å². The number of rotatable bonds is 9. The third-order valence-corrected chi connectivity index (χ3v) is 3.15. The van der Waals surface area contributed by atoms with Gasteiger partial charge in [0.2, 0.25) is 0 Å². The lowest BCUT2D eigenvalue weighted by Crippen LogP contribution is -2.46. The van der Waals surface area contributed by atoms with Crippen LogP contribution < -0.4 is 5.32 Å². The zero-order valence-electron chi connectivity index (χ0n) is 10.9. The van der Waals surface area contributed by atoms with Gasteiger partial charge in [0.25, 0.3) is 0 Å². The van der Waals surface area contributed by atoms with Crippen molar-refractivity contribution in [1.29, 1.82) is 0 Å². The first kappa shape index (κ1) is 14.9. The summed E-state index contributed by atoms with van der Waals surface area (Å²) in [6.07, 6.45) is 1.54. The van der Waals surface area contributed by atoms with Crippen LogP contribution in [0.5, 0.6) is 0 Å². The summed E-state index contributed by atoms with van der Waals surface area (Å²) in [5.41, 5.74) is -0.712. The molecule has 0 aromatic rings. The Morgan fingerprint density at radius 2 is 2.24 bits per heavy atom. The number of methoxy groups -OCH3 is 1. The average Bonchev–Trinajstić information content (AvgIpc) is 2.63. The van der Waals surface area contributed by atoms with E-state index in [9.17, 15) is 5.11 Å². The molecule has 0 aromatic heterocycles. The lowest BCUT2D eigenvalue weighted by Gasteiger charge is -2.26. The third kappa shape index (κ3) is 5.31. The Hall–Kier alpha value is -0.200. The van der Waals surface area contributed by atoms with E-state index in [1.165, 1.54) is 0 Å². The van der Waals surface area contributed by atoms with Crippen LogP contribution in [0.3, 0.4) is 0 Å². The Morgan fingerprint density at radius 1 is 1.41 bits per heavy atom. The fourth-order valence-electron chi connectivity index (χ4n) is 1.86. The molecule has 0 radical (unpaired) electrons. The molecule has 0 aromatic carbocycles. The van der Waals surface area contributed by atoms with Crippen molar-refractivity contribution in [2.24, 2.45) is 0 Å². The van der Waals surface area contributed by atoms with Gasteiger partial charge in [0, 0.05) is 46.4 Å². The summed E-state index contributed by atoms with van der Waals surface area (Å²) in [5, 5.41) is 13.4. The Kier molecular flexibility index (Phi) is 6.99. The molecule has 102 valence electrons. The molecule has 0 spiro atoms. The van der Waals surface area contributed by atoms with Crippen LogP contribution in [0.25, 0.3) is 0 Å². The summed E-state index contributed by atoms with van der Waals surface area (Å²) in [5.74, 6) is 0. The van der Waals surface area contributed by atoms with Crippen LogP contribution in [-0.4, -0.2) is 63.4 Å². The molecule has 0 saturated carbocycles. The van der Waals surface area contributed by atoms with Crippen molar-refractivity contribution in [1.82, 2.24) is 5.32 Å². The molecule has 1 fully saturated rings. The Balaban J connectivity index is 1.93. The van der Waals surface area contributed by atoms with Gasteiger partial charge in [0.05, 0.1) is 12.7 Å². The molecule has 1 saturated heterocycles. The fraction of sp³-hybridized carbons (Fsp3) is 1.00. The second kappa shape index (κ2) is 8.00. The quantitative estimate of drug-likeness (QED) is 0.569. The van der Waals surface area contributed by atoms with Crippen molar-refractivity contribution in [3.63, 3.8) is 0 Å². The molecule has 1 aliphatic heterocycles. The first-order valence-electron chi connectivity index (χ1n) is 6.30. The molecule has 0 aliphatic carbocycles. The fourth-order valence-corrected chi connectivity index (χ4v) is 1.86. The number of aliphatic hydroxyl groups is 1. The van der Waals surface area contributed by atoms with E-state index in [1.54, 1.807) is 7.11 Å². The van der Waals surface area contributed by atoms with E-state index in [1.807, 2.05) is 6.92 Å². The highest BCUT2D eigenvalue weighted by atomic mass is 16.5. The molecule has 2 unspecified atom stereocenters. The van der Waals surface area contributed by atoms with Crippen LogP contribution in [0.1, 0.15) is 19.8 Å². The van der Waals surface area contributed by atoms with Crippen LogP contribution in [0.15, 0.2) is 0 Å². The second-order valence-electron chi connectivity index (χ2n) is 4.50. The minimum Gasteiger partial charge on any atom is -0.386 e. The molecule has 0 amide bonds. The normalized spacial score (nSPS) is 28.8. The SMILES string of the molecule is COCCCOCCNCC1(O)CCOC1C. The van der Waals surface area contributed by atoms with Crippen molar-refractivity contribution >= 4 is 0 Å². The highest BCUT2D eigenvalue weighted by molar-refractivity contribution is 4.91. The summed E-state index contributed by atoms with van der Waals surface area (Å²) < 4.78 is 15.7. The van der Waals surface area contributed by atoms with E-state index in [0.29, 0.717) is 26.2 Å². The van der Waals surface area contributed by atoms with Crippen LogP contribution >= 0.6 is 0 Å². The number of nitrogens with one attached hydrogen (secondary N) is 1. The monoisotopic (exact) mass is 247 g/mol. The van der Waals surface area contributed by atoms with Gasteiger partial charge in [-0.3, -0.25) is 0 Å². The molecule has 5 nitrogen and oxygen atoms in total. The van der Waals surface area contributed by atoms with E-state index >= 15 is 0 Å². The first-order chi connectivity index (χ1) is 8.19. The third-order valence-electron chi connectivity index (χ3n) is 3.15. The summed E-state index contributed by atoms with van der Waals surface area (Å²) in [4.78, 5) is 0. The van der Waals surface area contributed by atoms with E-state index in [4.69, 9.17) is 14.2 Å². The van der Waals surface area contributed by atoms with Crippen LogP contribution in [-0.2, 0) is 14.2 Å². The highest BCUT2D eigenvalue weighted by Crippen LogP contribution is 2.24. The molecular weight excluding hydrogens is 222 g/mol. The maximum atomic E-state index is 10.2. The van der Waals surface area contributed by atoms with Crippen molar-refractivity contribution in [2.45, 2.75) is 31.5 Å². The molecule has 0 bridgehead atoms. The summed E-state index contributed by atoms with van der Waals surface area (Å²) >= 11 is 0. The predicted octanol–water partition coefficient (Wildman–Crippen LogP) is 0.169. The minimum absolute atomic E-state index is 0.0855. The average molecular weight is 247 g/mol. The van der Waals surface area contributed by atoms with E-state index in [0.717, 1.165) is 26.2 Å². The topological polar surface area (TPSA) is 60.0 Å². The van der Waals surface area contributed by atoms with Gasteiger partial charge >= 0.3 is 0 Å². The molecule has 1 aliphatic rings. The molecule has 2 N–H and O–H groups in total. The van der Waals surface area contributed by atoms with Gasteiger partial charge < -0.3 is 24.6 Å². The van der Waals surface area contributed by atoms with Crippen LogP contribution in [0, 0.1) is 0 Å². The zero-order chi connectivity index (χ0) is 12.6. The van der Waals surface area contributed by atoms with Crippen molar-refractivity contribution in [2.75, 3.05) is 46.6 Å². The molecular formula is C12H25NO4. The second-order valence-corrected chi connectivity index (χ2v) is 4.50. The lowest BCUT2D eigenvalue weighted by molar-refractivity contribution is -0.0269. The standard InChI is InChI=1S/C12H25NO4/c1-11-12(14,4-8-17-11)10-13-5-9-16-7-3-6-15-2/h11,13-14H,3-10H2,1-2H3. The molecule has 17 heavy (non-hydrogen) atoms. The van der Waals surface area contributed by atoms with E-state index in [-0.39, 0.29) is 6.10 Å². The van der Waals surface area contributed by atoms with E-state index in [2.05, 4.69) is 5.32 Å². The molecule has 1 heterocycles.